The maximum atomic E-state index is 6.06. The molecule has 2 N–H and O–H groups in total. The molecule has 3 unspecified atom stereocenters. The fourth-order valence-corrected chi connectivity index (χ4v) is 4.44. The van der Waals surface area contributed by atoms with Crippen molar-refractivity contribution in [2.24, 2.45) is 0 Å². The summed E-state index contributed by atoms with van der Waals surface area (Å²) in [5.41, 5.74) is 1.34. The van der Waals surface area contributed by atoms with E-state index in [0.717, 1.165) is 19.7 Å². The molecule has 0 amide bonds. The Kier molecular flexibility index (Phi) is 5.89. The van der Waals surface area contributed by atoms with Gasteiger partial charge in [-0.1, -0.05) is 12.1 Å². The highest BCUT2D eigenvalue weighted by Gasteiger charge is 2.24. The van der Waals surface area contributed by atoms with Crippen LogP contribution in [0.1, 0.15) is 24.4 Å². The highest BCUT2D eigenvalue weighted by Crippen LogP contribution is 2.27. The summed E-state index contributed by atoms with van der Waals surface area (Å²) < 4.78 is 6.06. The highest BCUT2D eigenvalue weighted by atomic mass is 32.2. The van der Waals surface area contributed by atoms with Gasteiger partial charge >= 0.3 is 0 Å². The van der Waals surface area contributed by atoms with E-state index in [0.29, 0.717) is 11.3 Å². The topological polar surface area (TPSA) is 33.3 Å². The van der Waals surface area contributed by atoms with Crippen LogP contribution in [-0.2, 0) is 4.74 Å². The Morgan fingerprint density at radius 2 is 2.14 bits per heavy atom. The third-order valence-electron chi connectivity index (χ3n) is 4.09. The predicted octanol–water partition coefficient (Wildman–Crippen LogP) is 2.88. The standard InChI is InChI=1S/C16H24N2OS2/c1-20-13-6-4-12(5-7-13)15-9-17-10-16(18-15)19-11-14-3-2-8-21-14/h4-7,14-18H,2-3,8-11H2,1H3. The van der Waals surface area contributed by atoms with Crippen LogP contribution in [0.4, 0.5) is 0 Å². The molecule has 5 heteroatoms. The number of piperazine rings is 1. The number of benzene rings is 1. The molecule has 2 saturated heterocycles. The molecule has 2 aliphatic heterocycles. The van der Waals surface area contributed by atoms with Crippen molar-refractivity contribution in [1.82, 2.24) is 10.6 Å². The Labute approximate surface area is 136 Å². The van der Waals surface area contributed by atoms with E-state index in [2.05, 4.69) is 52.9 Å². The number of thioether (sulfide) groups is 2. The first-order valence-corrected chi connectivity index (χ1v) is 9.96. The lowest BCUT2D eigenvalue weighted by Crippen LogP contribution is -2.51. The molecule has 21 heavy (non-hydrogen) atoms. The molecule has 0 aliphatic carbocycles. The van der Waals surface area contributed by atoms with Gasteiger partial charge in [0.25, 0.3) is 0 Å². The first-order chi connectivity index (χ1) is 10.3. The minimum absolute atomic E-state index is 0.130. The molecule has 0 saturated carbocycles. The van der Waals surface area contributed by atoms with Crippen LogP contribution < -0.4 is 10.6 Å². The third kappa shape index (κ3) is 4.39. The Morgan fingerprint density at radius 1 is 1.29 bits per heavy atom. The van der Waals surface area contributed by atoms with Gasteiger partial charge in [-0.25, -0.2) is 0 Å². The van der Waals surface area contributed by atoms with Gasteiger partial charge < -0.3 is 10.1 Å². The molecule has 2 aliphatic rings. The minimum atomic E-state index is 0.130. The van der Waals surface area contributed by atoms with E-state index in [1.165, 1.54) is 29.1 Å². The van der Waals surface area contributed by atoms with E-state index in [1.807, 2.05) is 0 Å². The summed E-state index contributed by atoms with van der Waals surface area (Å²) in [7, 11) is 0. The zero-order valence-electron chi connectivity index (χ0n) is 12.5. The van der Waals surface area contributed by atoms with Crippen LogP contribution in [0.3, 0.4) is 0 Å². The van der Waals surface area contributed by atoms with Crippen LogP contribution in [-0.4, -0.2) is 43.2 Å². The SMILES string of the molecule is CSc1ccc(C2CNCC(OCC3CCCS3)N2)cc1. The Bertz CT molecular complexity index is 434. The first kappa shape index (κ1) is 15.7. The van der Waals surface area contributed by atoms with Crippen LogP contribution in [0.5, 0.6) is 0 Å². The Hall–Kier alpha value is -0.200. The average molecular weight is 325 g/mol. The second-order valence-corrected chi connectivity index (χ2v) is 7.90. The third-order valence-corrected chi connectivity index (χ3v) is 6.20. The van der Waals surface area contributed by atoms with E-state index in [-0.39, 0.29) is 6.23 Å². The van der Waals surface area contributed by atoms with Gasteiger partial charge in [-0.05, 0) is 42.5 Å². The molecule has 1 aromatic carbocycles. The van der Waals surface area contributed by atoms with E-state index in [4.69, 9.17) is 4.74 Å². The highest BCUT2D eigenvalue weighted by molar-refractivity contribution is 8.00. The van der Waals surface area contributed by atoms with Crippen molar-refractivity contribution in [1.29, 1.82) is 0 Å². The number of rotatable bonds is 5. The van der Waals surface area contributed by atoms with Crippen LogP contribution in [0, 0.1) is 0 Å². The molecule has 0 bridgehead atoms. The summed E-state index contributed by atoms with van der Waals surface area (Å²) in [6.07, 6.45) is 4.90. The monoisotopic (exact) mass is 324 g/mol. The summed E-state index contributed by atoms with van der Waals surface area (Å²) in [5, 5.41) is 7.82. The molecule has 2 fully saturated rings. The molecule has 2 heterocycles. The fourth-order valence-electron chi connectivity index (χ4n) is 2.86. The van der Waals surface area contributed by atoms with Crippen molar-refractivity contribution in [2.45, 2.75) is 35.3 Å². The van der Waals surface area contributed by atoms with E-state index < -0.39 is 0 Å². The number of nitrogens with one attached hydrogen (secondary N) is 2. The minimum Gasteiger partial charge on any atom is -0.361 e. The van der Waals surface area contributed by atoms with Crippen molar-refractivity contribution in [3.63, 3.8) is 0 Å². The first-order valence-electron chi connectivity index (χ1n) is 7.69. The van der Waals surface area contributed by atoms with E-state index in [1.54, 1.807) is 11.8 Å². The molecule has 3 nitrogen and oxygen atoms in total. The van der Waals surface area contributed by atoms with Gasteiger partial charge in [0.15, 0.2) is 0 Å². The molecular weight excluding hydrogens is 300 g/mol. The maximum Gasteiger partial charge on any atom is 0.121 e. The zero-order valence-corrected chi connectivity index (χ0v) is 14.1. The quantitative estimate of drug-likeness (QED) is 0.814. The fraction of sp³-hybridized carbons (Fsp3) is 0.625. The van der Waals surface area contributed by atoms with Crippen LogP contribution in [0.2, 0.25) is 0 Å². The molecule has 3 atom stereocenters. The van der Waals surface area contributed by atoms with Gasteiger partial charge in [-0.3, -0.25) is 5.32 Å². The van der Waals surface area contributed by atoms with Gasteiger partial charge in [0.1, 0.15) is 6.23 Å². The molecule has 0 radical (unpaired) electrons. The smallest absolute Gasteiger partial charge is 0.121 e. The molecule has 0 spiro atoms. The van der Waals surface area contributed by atoms with Gasteiger partial charge in [0, 0.05) is 29.3 Å². The average Bonchev–Trinajstić information content (AvgIpc) is 3.07. The Morgan fingerprint density at radius 3 is 2.86 bits per heavy atom. The molecule has 3 rings (SSSR count). The van der Waals surface area contributed by atoms with Gasteiger partial charge in [-0.2, -0.15) is 11.8 Å². The molecule has 1 aromatic rings. The van der Waals surface area contributed by atoms with E-state index in [9.17, 15) is 0 Å². The largest absolute Gasteiger partial charge is 0.361 e. The Balaban J connectivity index is 1.51. The number of hydrogen-bond donors (Lipinski definition) is 2. The predicted molar refractivity (Wildman–Crippen MR) is 92.2 cm³/mol. The summed E-state index contributed by atoms with van der Waals surface area (Å²) in [4.78, 5) is 1.31. The molecule has 0 aromatic heterocycles. The lowest BCUT2D eigenvalue weighted by molar-refractivity contribution is 0.00957. The number of hydrogen-bond acceptors (Lipinski definition) is 5. The van der Waals surface area contributed by atoms with Crippen molar-refractivity contribution in [3.05, 3.63) is 29.8 Å². The van der Waals surface area contributed by atoms with Gasteiger partial charge in [-0.15, -0.1) is 11.8 Å². The zero-order chi connectivity index (χ0) is 14.5. The summed E-state index contributed by atoms with van der Waals surface area (Å²) in [6, 6.07) is 9.18. The number of ether oxygens (including phenoxy) is 1. The summed E-state index contributed by atoms with van der Waals surface area (Å²) in [6.45, 7) is 2.75. The lowest BCUT2D eigenvalue weighted by atomic mass is 10.1. The van der Waals surface area contributed by atoms with E-state index >= 15 is 0 Å². The van der Waals surface area contributed by atoms with Gasteiger partial charge in [0.05, 0.1) is 6.61 Å². The van der Waals surface area contributed by atoms with Crippen molar-refractivity contribution >= 4 is 23.5 Å². The van der Waals surface area contributed by atoms with Crippen LogP contribution in [0.25, 0.3) is 0 Å². The second-order valence-electron chi connectivity index (χ2n) is 5.61. The van der Waals surface area contributed by atoms with Crippen molar-refractivity contribution in [2.75, 3.05) is 31.7 Å². The van der Waals surface area contributed by atoms with Crippen molar-refractivity contribution in [3.8, 4) is 0 Å². The van der Waals surface area contributed by atoms with Crippen LogP contribution >= 0.6 is 23.5 Å². The normalized spacial score (nSPS) is 29.7. The van der Waals surface area contributed by atoms with Crippen molar-refractivity contribution < 1.29 is 4.74 Å². The maximum absolute atomic E-state index is 6.06. The van der Waals surface area contributed by atoms with Gasteiger partial charge in [0.2, 0.25) is 0 Å². The molecule has 116 valence electrons. The lowest BCUT2D eigenvalue weighted by Gasteiger charge is -2.32. The van der Waals surface area contributed by atoms with Crippen LogP contribution in [0.15, 0.2) is 29.2 Å². The summed E-state index contributed by atoms with van der Waals surface area (Å²) >= 11 is 3.84. The summed E-state index contributed by atoms with van der Waals surface area (Å²) in [5.74, 6) is 1.30. The molecular formula is C16H24N2OS2. The second kappa shape index (κ2) is 7.88.